The van der Waals surface area contributed by atoms with Crippen molar-refractivity contribution >= 4 is 54.5 Å². The van der Waals surface area contributed by atoms with Gasteiger partial charge in [0.05, 0.1) is 22.5 Å². The summed E-state index contributed by atoms with van der Waals surface area (Å²) in [6, 6.07) is 5.13. The number of thiophene rings is 1. The molecule has 4 aromatic rings. The molecule has 162 valence electrons. The van der Waals surface area contributed by atoms with E-state index in [1.54, 1.807) is 23.6 Å². The van der Waals surface area contributed by atoms with Crippen molar-refractivity contribution in [3.05, 3.63) is 46.4 Å². The van der Waals surface area contributed by atoms with Crippen LogP contribution in [-0.2, 0) is 0 Å². The number of likely N-dealkylation sites (tertiary alicyclic amines) is 1. The Morgan fingerprint density at radius 1 is 1.29 bits per heavy atom. The first kappa shape index (κ1) is 20.7. The van der Waals surface area contributed by atoms with E-state index in [0.717, 1.165) is 23.2 Å². The fraction of sp³-hybridized carbons (Fsp3) is 0.364. The number of halogens is 2. The third kappa shape index (κ3) is 3.40. The molecule has 31 heavy (non-hydrogen) atoms. The van der Waals surface area contributed by atoms with Gasteiger partial charge in [0.1, 0.15) is 16.0 Å². The molecule has 0 amide bonds. The number of aromatic nitrogens is 2. The van der Waals surface area contributed by atoms with Gasteiger partial charge < -0.3 is 10.4 Å². The van der Waals surface area contributed by atoms with E-state index < -0.39 is 11.6 Å². The van der Waals surface area contributed by atoms with Crippen LogP contribution >= 0.6 is 22.7 Å². The maximum absolute atomic E-state index is 14.9. The van der Waals surface area contributed by atoms with Gasteiger partial charge in [0.25, 0.3) is 0 Å². The first-order valence-corrected chi connectivity index (χ1v) is 11.8. The highest BCUT2D eigenvalue weighted by molar-refractivity contribution is 7.18. The minimum atomic E-state index is -0.687. The second kappa shape index (κ2) is 7.74. The van der Waals surface area contributed by atoms with Gasteiger partial charge in [0.2, 0.25) is 0 Å². The summed E-state index contributed by atoms with van der Waals surface area (Å²) in [5.74, 6) is -1.04. The Hall–Kier alpha value is -2.20. The Kier molecular flexibility index (Phi) is 5.16. The highest BCUT2D eigenvalue weighted by atomic mass is 32.1. The van der Waals surface area contributed by atoms with Gasteiger partial charge in [-0.05, 0) is 45.0 Å². The normalized spacial score (nSPS) is 18.9. The van der Waals surface area contributed by atoms with Gasteiger partial charge in [-0.25, -0.2) is 18.7 Å². The van der Waals surface area contributed by atoms with Crippen LogP contribution in [0.25, 0.3) is 20.4 Å². The molecule has 0 saturated carbocycles. The SMILES string of the molecule is CC1(C)[C@H](c2cc3c(Nc4c(F)cc5scnc5c4F)ccnc3s2)CCN1CCO. The fourth-order valence-corrected chi connectivity index (χ4v) is 6.62. The van der Waals surface area contributed by atoms with E-state index in [-0.39, 0.29) is 23.3 Å². The second-order valence-corrected chi connectivity index (χ2v) is 10.3. The maximum Gasteiger partial charge on any atom is 0.176 e. The number of hydrogen-bond acceptors (Lipinski definition) is 7. The molecular weight excluding hydrogens is 438 g/mol. The monoisotopic (exact) mass is 460 g/mol. The minimum Gasteiger partial charge on any atom is -0.395 e. The summed E-state index contributed by atoms with van der Waals surface area (Å²) in [5, 5.41) is 13.2. The summed E-state index contributed by atoms with van der Waals surface area (Å²) in [6.07, 6.45) is 2.65. The summed E-state index contributed by atoms with van der Waals surface area (Å²) in [5.41, 5.74) is 2.00. The zero-order chi connectivity index (χ0) is 21.8. The van der Waals surface area contributed by atoms with Crippen LogP contribution in [0.15, 0.2) is 29.9 Å². The second-order valence-electron chi connectivity index (χ2n) is 8.30. The number of thiazole rings is 1. The number of nitrogens with zero attached hydrogens (tertiary/aromatic N) is 3. The van der Waals surface area contributed by atoms with Crippen molar-refractivity contribution in [3.63, 3.8) is 0 Å². The molecule has 1 aromatic carbocycles. The average molecular weight is 461 g/mol. The molecule has 1 aliphatic rings. The highest BCUT2D eigenvalue weighted by Gasteiger charge is 2.42. The van der Waals surface area contributed by atoms with Crippen LogP contribution in [0.5, 0.6) is 0 Å². The van der Waals surface area contributed by atoms with Crippen LogP contribution < -0.4 is 5.32 Å². The standard InChI is InChI=1S/C22H22F2N4OS2/c1-22(2)13(4-6-28(22)7-8-29)16-9-12-15(3-5-25-21(12)31-16)27-19-14(23)10-17-20(18(19)24)26-11-30-17/h3,5,9-11,13,29H,4,6-8H2,1-2H3,(H,25,27)/t13-/m0/s1. The van der Waals surface area contributed by atoms with E-state index in [1.807, 2.05) is 0 Å². The molecule has 0 aliphatic carbocycles. The number of anilines is 2. The lowest BCUT2D eigenvalue weighted by Gasteiger charge is -2.35. The van der Waals surface area contributed by atoms with Crippen molar-refractivity contribution in [2.45, 2.75) is 31.7 Å². The molecule has 1 saturated heterocycles. The molecule has 0 unspecified atom stereocenters. The zero-order valence-electron chi connectivity index (χ0n) is 17.2. The molecule has 0 radical (unpaired) electrons. The lowest BCUT2D eigenvalue weighted by molar-refractivity contribution is 0.127. The van der Waals surface area contributed by atoms with E-state index in [2.05, 4.69) is 40.1 Å². The summed E-state index contributed by atoms with van der Waals surface area (Å²) in [7, 11) is 0. The van der Waals surface area contributed by atoms with Gasteiger partial charge in [-0.2, -0.15) is 0 Å². The van der Waals surface area contributed by atoms with Crippen LogP contribution in [0.2, 0.25) is 0 Å². The topological polar surface area (TPSA) is 61.3 Å². The molecule has 5 rings (SSSR count). The Balaban J connectivity index is 1.53. The van der Waals surface area contributed by atoms with Crippen LogP contribution in [0.4, 0.5) is 20.2 Å². The number of hydrogen-bond donors (Lipinski definition) is 2. The predicted molar refractivity (Wildman–Crippen MR) is 123 cm³/mol. The quantitative estimate of drug-likeness (QED) is 0.413. The van der Waals surface area contributed by atoms with Gasteiger partial charge in [0.15, 0.2) is 11.6 Å². The van der Waals surface area contributed by atoms with E-state index in [9.17, 15) is 13.9 Å². The summed E-state index contributed by atoms with van der Waals surface area (Å²) in [6.45, 7) is 6.11. The number of nitrogens with one attached hydrogen (secondary N) is 1. The summed E-state index contributed by atoms with van der Waals surface area (Å²) >= 11 is 2.82. The Morgan fingerprint density at radius 3 is 2.94 bits per heavy atom. The van der Waals surface area contributed by atoms with Crippen molar-refractivity contribution in [3.8, 4) is 0 Å². The minimum absolute atomic E-state index is 0.0922. The van der Waals surface area contributed by atoms with Crippen molar-refractivity contribution in [1.29, 1.82) is 0 Å². The van der Waals surface area contributed by atoms with E-state index in [0.29, 0.717) is 22.8 Å². The van der Waals surface area contributed by atoms with Crippen LogP contribution in [0, 0.1) is 11.6 Å². The maximum atomic E-state index is 14.9. The Bertz CT molecular complexity index is 1270. The summed E-state index contributed by atoms with van der Waals surface area (Å²) in [4.78, 5) is 12.8. The molecule has 1 fully saturated rings. The molecule has 9 heteroatoms. The third-order valence-corrected chi connectivity index (χ3v) is 8.23. The molecule has 1 atom stereocenters. The van der Waals surface area contributed by atoms with Crippen LogP contribution in [-0.4, -0.2) is 45.2 Å². The number of aliphatic hydroxyl groups excluding tert-OH is 1. The number of rotatable bonds is 5. The van der Waals surface area contributed by atoms with Gasteiger partial charge in [0, 0.05) is 34.5 Å². The Morgan fingerprint density at radius 2 is 2.13 bits per heavy atom. The molecule has 4 heterocycles. The van der Waals surface area contributed by atoms with Crippen molar-refractivity contribution < 1.29 is 13.9 Å². The number of β-amino-alcohol motifs (C(OH)–C–C–N with tert-alkyl or cyclic N) is 1. The van der Waals surface area contributed by atoms with E-state index >= 15 is 0 Å². The van der Waals surface area contributed by atoms with Crippen LogP contribution in [0.3, 0.4) is 0 Å². The molecule has 1 aliphatic heterocycles. The lowest BCUT2D eigenvalue weighted by Crippen LogP contribution is -2.42. The highest BCUT2D eigenvalue weighted by Crippen LogP contribution is 2.46. The molecule has 3 aromatic heterocycles. The first-order chi connectivity index (χ1) is 14.9. The van der Waals surface area contributed by atoms with Crippen LogP contribution in [0.1, 0.15) is 31.1 Å². The number of fused-ring (bicyclic) bond motifs is 2. The van der Waals surface area contributed by atoms with Crippen molar-refractivity contribution in [2.75, 3.05) is 25.0 Å². The van der Waals surface area contributed by atoms with Crippen molar-refractivity contribution in [1.82, 2.24) is 14.9 Å². The summed E-state index contributed by atoms with van der Waals surface area (Å²) < 4.78 is 30.0. The smallest absolute Gasteiger partial charge is 0.176 e. The van der Waals surface area contributed by atoms with Crippen molar-refractivity contribution in [2.24, 2.45) is 0 Å². The van der Waals surface area contributed by atoms with Gasteiger partial charge in [-0.1, -0.05) is 0 Å². The average Bonchev–Trinajstić information content (AvgIpc) is 3.43. The Labute approximate surface area is 186 Å². The van der Waals surface area contributed by atoms with E-state index in [4.69, 9.17) is 0 Å². The number of benzene rings is 1. The third-order valence-electron chi connectivity index (χ3n) is 6.30. The molecular formula is C22H22F2N4OS2. The lowest BCUT2D eigenvalue weighted by atomic mass is 9.87. The largest absolute Gasteiger partial charge is 0.395 e. The first-order valence-electron chi connectivity index (χ1n) is 10.1. The number of aliphatic hydroxyl groups is 1. The molecule has 5 nitrogen and oxygen atoms in total. The number of pyridine rings is 1. The van der Waals surface area contributed by atoms with Gasteiger partial charge in [-0.15, -0.1) is 22.7 Å². The van der Waals surface area contributed by atoms with Gasteiger partial charge >= 0.3 is 0 Å². The molecule has 0 bridgehead atoms. The fourth-order valence-electron chi connectivity index (χ4n) is 4.58. The molecule has 2 N–H and O–H groups in total. The van der Waals surface area contributed by atoms with E-state index in [1.165, 1.54) is 27.8 Å². The predicted octanol–water partition coefficient (Wildman–Crippen LogP) is 5.49. The zero-order valence-corrected chi connectivity index (χ0v) is 18.8. The van der Waals surface area contributed by atoms with Gasteiger partial charge in [-0.3, -0.25) is 4.90 Å². The molecule has 0 spiro atoms.